The quantitative estimate of drug-likeness (QED) is 0.834. The molecule has 0 aromatic rings. The van der Waals surface area contributed by atoms with Gasteiger partial charge < -0.3 is 10.0 Å². The van der Waals surface area contributed by atoms with Crippen LogP contribution in [-0.4, -0.2) is 35.7 Å². The minimum atomic E-state index is -0.0498. The highest BCUT2D eigenvalue weighted by molar-refractivity contribution is 4.83. The zero-order valence-electron chi connectivity index (χ0n) is 12.4. The van der Waals surface area contributed by atoms with E-state index in [0.717, 1.165) is 30.8 Å². The first-order valence-corrected chi connectivity index (χ1v) is 7.94. The Labute approximate surface area is 113 Å². The first kappa shape index (κ1) is 14.3. The Morgan fingerprint density at radius 3 is 2.22 bits per heavy atom. The molecule has 1 N–H and O–H groups in total. The second kappa shape index (κ2) is 6.38. The SMILES string of the molecule is CC1CCC(N(C)CC2CC(C)CCC2O)CC1. The first-order valence-electron chi connectivity index (χ1n) is 7.94. The van der Waals surface area contributed by atoms with E-state index < -0.39 is 0 Å². The van der Waals surface area contributed by atoms with E-state index in [9.17, 15) is 5.11 Å². The fourth-order valence-corrected chi connectivity index (χ4v) is 3.88. The minimum absolute atomic E-state index is 0.0498. The summed E-state index contributed by atoms with van der Waals surface area (Å²) in [5.41, 5.74) is 0. The molecule has 3 atom stereocenters. The van der Waals surface area contributed by atoms with Gasteiger partial charge in [0, 0.05) is 12.6 Å². The highest BCUT2D eigenvalue weighted by atomic mass is 16.3. The number of rotatable bonds is 3. The maximum absolute atomic E-state index is 10.1. The molecule has 0 spiro atoms. The summed E-state index contributed by atoms with van der Waals surface area (Å²) in [4.78, 5) is 2.54. The van der Waals surface area contributed by atoms with Crippen molar-refractivity contribution in [1.82, 2.24) is 4.90 Å². The van der Waals surface area contributed by atoms with Crippen molar-refractivity contribution in [1.29, 1.82) is 0 Å². The number of hydrogen-bond donors (Lipinski definition) is 1. The minimum Gasteiger partial charge on any atom is -0.393 e. The Kier molecular flexibility index (Phi) is 5.08. The molecule has 0 aromatic heterocycles. The Morgan fingerprint density at radius 1 is 0.944 bits per heavy atom. The third kappa shape index (κ3) is 3.71. The normalized spacial score (nSPS) is 42.2. The van der Waals surface area contributed by atoms with Crippen LogP contribution < -0.4 is 0 Å². The van der Waals surface area contributed by atoms with Crippen molar-refractivity contribution in [3.05, 3.63) is 0 Å². The maximum Gasteiger partial charge on any atom is 0.0580 e. The molecule has 0 amide bonds. The molecule has 2 aliphatic rings. The highest BCUT2D eigenvalue weighted by Crippen LogP contribution is 2.32. The summed E-state index contributed by atoms with van der Waals surface area (Å²) in [6.07, 6.45) is 8.88. The molecule has 106 valence electrons. The molecule has 3 unspecified atom stereocenters. The van der Waals surface area contributed by atoms with Gasteiger partial charge in [-0.25, -0.2) is 0 Å². The number of hydrogen-bond acceptors (Lipinski definition) is 2. The van der Waals surface area contributed by atoms with Gasteiger partial charge in [-0.1, -0.05) is 13.8 Å². The molecule has 2 nitrogen and oxygen atoms in total. The van der Waals surface area contributed by atoms with Crippen LogP contribution in [0.15, 0.2) is 0 Å². The van der Waals surface area contributed by atoms with Crippen molar-refractivity contribution in [3.8, 4) is 0 Å². The molecular weight excluding hydrogens is 222 g/mol. The number of aliphatic hydroxyl groups excluding tert-OH is 1. The summed E-state index contributed by atoms with van der Waals surface area (Å²) in [7, 11) is 2.27. The van der Waals surface area contributed by atoms with Crippen molar-refractivity contribution in [2.45, 2.75) is 70.9 Å². The molecule has 0 radical (unpaired) electrons. The van der Waals surface area contributed by atoms with Gasteiger partial charge in [0.2, 0.25) is 0 Å². The molecule has 0 bridgehead atoms. The lowest BCUT2D eigenvalue weighted by molar-refractivity contribution is 0.0229. The summed E-state index contributed by atoms with van der Waals surface area (Å²) in [6.45, 7) is 5.81. The lowest BCUT2D eigenvalue weighted by Crippen LogP contribution is -2.42. The van der Waals surface area contributed by atoms with Crippen LogP contribution in [-0.2, 0) is 0 Å². The van der Waals surface area contributed by atoms with Crippen molar-refractivity contribution in [2.24, 2.45) is 17.8 Å². The van der Waals surface area contributed by atoms with Crippen LogP contribution in [0.1, 0.15) is 58.8 Å². The number of nitrogens with zero attached hydrogens (tertiary/aromatic N) is 1. The van der Waals surface area contributed by atoms with Crippen LogP contribution in [0, 0.1) is 17.8 Å². The topological polar surface area (TPSA) is 23.5 Å². The molecule has 0 saturated heterocycles. The molecule has 2 aliphatic carbocycles. The Bertz CT molecular complexity index is 247. The van der Waals surface area contributed by atoms with E-state index >= 15 is 0 Å². The van der Waals surface area contributed by atoms with E-state index in [1.54, 1.807) is 0 Å². The van der Waals surface area contributed by atoms with Crippen molar-refractivity contribution in [2.75, 3.05) is 13.6 Å². The van der Waals surface area contributed by atoms with Crippen LogP contribution in [0.25, 0.3) is 0 Å². The van der Waals surface area contributed by atoms with Gasteiger partial charge in [0.1, 0.15) is 0 Å². The van der Waals surface area contributed by atoms with E-state index in [2.05, 4.69) is 25.8 Å². The molecule has 0 heterocycles. The molecule has 0 aromatic carbocycles. The molecular formula is C16H31NO. The largest absolute Gasteiger partial charge is 0.393 e. The van der Waals surface area contributed by atoms with Crippen LogP contribution in [0.5, 0.6) is 0 Å². The van der Waals surface area contributed by atoms with Gasteiger partial charge in [-0.2, -0.15) is 0 Å². The van der Waals surface area contributed by atoms with Crippen molar-refractivity contribution >= 4 is 0 Å². The molecule has 2 heteroatoms. The average molecular weight is 253 g/mol. The zero-order chi connectivity index (χ0) is 13.1. The second-order valence-electron chi connectivity index (χ2n) is 7.10. The van der Waals surface area contributed by atoms with Gasteiger partial charge in [0.25, 0.3) is 0 Å². The van der Waals surface area contributed by atoms with Gasteiger partial charge in [-0.3, -0.25) is 0 Å². The Morgan fingerprint density at radius 2 is 1.56 bits per heavy atom. The van der Waals surface area contributed by atoms with Gasteiger partial charge in [-0.05, 0) is 69.7 Å². The lowest BCUT2D eigenvalue weighted by atomic mass is 9.79. The predicted molar refractivity (Wildman–Crippen MR) is 76.6 cm³/mol. The molecule has 18 heavy (non-hydrogen) atoms. The van der Waals surface area contributed by atoms with E-state index in [1.807, 2.05) is 0 Å². The fraction of sp³-hybridized carbons (Fsp3) is 1.00. The zero-order valence-corrected chi connectivity index (χ0v) is 12.4. The van der Waals surface area contributed by atoms with Gasteiger partial charge in [0.05, 0.1) is 6.10 Å². The maximum atomic E-state index is 10.1. The summed E-state index contributed by atoms with van der Waals surface area (Å²) < 4.78 is 0. The monoisotopic (exact) mass is 253 g/mol. The third-order valence-corrected chi connectivity index (χ3v) is 5.34. The van der Waals surface area contributed by atoms with E-state index in [0.29, 0.717) is 5.92 Å². The summed E-state index contributed by atoms with van der Waals surface area (Å²) in [5.74, 6) is 2.24. The van der Waals surface area contributed by atoms with Crippen LogP contribution in [0.3, 0.4) is 0 Å². The highest BCUT2D eigenvalue weighted by Gasteiger charge is 2.30. The van der Waals surface area contributed by atoms with Crippen LogP contribution in [0.2, 0.25) is 0 Å². The second-order valence-corrected chi connectivity index (χ2v) is 7.10. The summed E-state index contributed by atoms with van der Waals surface area (Å²) in [6, 6.07) is 0.769. The van der Waals surface area contributed by atoms with Gasteiger partial charge in [0.15, 0.2) is 0 Å². The van der Waals surface area contributed by atoms with Crippen molar-refractivity contribution in [3.63, 3.8) is 0 Å². The van der Waals surface area contributed by atoms with Crippen LogP contribution in [0.4, 0.5) is 0 Å². The van der Waals surface area contributed by atoms with E-state index in [-0.39, 0.29) is 6.10 Å². The first-order chi connectivity index (χ1) is 8.56. The van der Waals surface area contributed by atoms with E-state index in [1.165, 1.54) is 38.5 Å². The lowest BCUT2D eigenvalue weighted by Gasteiger charge is -2.39. The van der Waals surface area contributed by atoms with Crippen molar-refractivity contribution < 1.29 is 5.11 Å². The average Bonchev–Trinajstić information content (AvgIpc) is 2.34. The standard InChI is InChI=1S/C16H31NO/c1-12-4-7-15(8-5-12)17(3)11-14-10-13(2)6-9-16(14)18/h12-16,18H,4-11H2,1-3H3. The predicted octanol–water partition coefficient (Wildman–Crippen LogP) is 3.29. The van der Waals surface area contributed by atoms with Crippen LogP contribution >= 0.6 is 0 Å². The molecule has 2 fully saturated rings. The van der Waals surface area contributed by atoms with E-state index in [4.69, 9.17) is 0 Å². The fourth-order valence-electron chi connectivity index (χ4n) is 3.88. The molecule has 2 saturated carbocycles. The number of aliphatic hydroxyl groups is 1. The smallest absolute Gasteiger partial charge is 0.0580 e. The molecule has 0 aliphatic heterocycles. The summed E-state index contributed by atoms with van der Waals surface area (Å²) >= 11 is 0. The summed E-state index contributed by atoms with van der Waals surface area (Å²) in [5, 5.41) is 10.1. The van der Waals surface area contributed by atoms with Gasteiger partial charge >= 0.3 is 0 Å². The van der Waals surface area contributed by atoms with Gasteiger partial charge in [-0.15, -0.1) is 0 Å². The Hall–Kier alpha value is -0.0800. The Balaban J connectivity index is 1.80. The molecule has 2 rings (SSSR count). The third-order valence-electron chi connectivity index (χ3n) is 5.34.